The summed E-state index contributed by atoms with van der Waals surface area (Å²) in [7, 11) is 0. The quantitative estimate of drug-likeness (QED) is 0.0149. The van der Waals surface area contributed by atoms with Crippen LogP contribution in [0.3, 0.4) is 0 Å². The summed E-state index contributed by atoms with van der Waals surface area (Å²) in [5.41, 5.74) is 20.5. The van der Waals surface area contributed by atoms with Crippen molar-refractivity contribution >= 4 is 93.4 Å². The molecule has 29 nitrogen and oxygen atoms in total. The third-order valence-electron chi connectivity index (χ3n) is 18.7. The van der Waals surface area contributed by atoms with Gasteiger partial charge in [-0.1, -0.05) is 165 Å². The van der Waals surface area contributed by atoms with Gasteiger partial charge in [-0.3, -0.25) is 58.3 Å². The van der Waals surface area contributed by atoms with Crippen molar-refractivity contribution in [3.63, 3.8) is 0 Å². The molecule has 10 atom stereocenters. The molecule has 8 rings (SSSR count). The summed E-state index contributed by atoms with van der Waals surface area (Å²) in [5, 5.41) is 48.0. The number of ether oxygens (including phenoxy) is 1. The van der Waals surface area contributed by atoms with E-state index in [2.05, 4.69) is 58.1 Å². The number of rotatable bonds is 38. The van der Waals surface area contributed by atoms with E-state index in [1.807, 2.05) is 74.5 Å². The van der Waals surface area contributed by atoms with Gasteiger partial charge in [0.05, 0.1) is 19.8 Å². The molecule has 576 valence electrons. The van der Waals surface area contributed by atoms with E-state index in [0.717, 1.165) is 29.4 Å². The van der Waals surface area contributed by atoms with E-state index >= 15 is 9.59 Å². The second-order valence-corrected chi connectivity index (χ2v) is 28.0. The largest absolute Gasteiger partial charge is 0.394 e. The Morgan fingerprint density at radius 1 is 0.500 bits per heavy atom. The summed E-state index contributed by atoms with van der Waals surface area (Å²) in [6.45, 7) is 7.55. The number of nitrogens with two attached hydrogens (primary N) is 3. The van der Waals surface area contributed by atoms with E-state index in [1.54, 1.807) is 91.0 Å². The number of carbonyl (C=O) groups excluding carboxylic acids is 11. The Bertz CT molecular complexity index is 4080. The molecule has 0 unspecified atom stereocenters. The molecule has 0 radical (unpaired) electrons. The van der Waals surface area contributed by atoms with E-state index in [9.17, 15) is 48.3 Å². The number of fused-ring (bicyclic) bond motifs is 1. The highest BCUT2D eigenvalue weighted by molar-refractivity contribution is 6.30. The number of carbonyl (C=O) groups is 11. The zero-order valence-corrected chi connectivity index (χ0v) is 61.6. The lowest BCUT2D eigenvalue weighted by Gasteiger charge is -2.31. The zero-order chi connectivity index (χ0) is 77.8. The molecular formula is C78H99ClN16O13. The number of benzene rings is 6. The van der Waals surface area contributed by atoms with Crippen LogP contribution in [0.5, 0.6) is 0 Å². The van der Waals surface area contributed by atoms with Gasteiger partial charge in [-0.15, -0.1) is 0 Å². The molecule has 2 aliphatic heterocycles. The predicted molar refractivity (Wildman–Crippen MR) is 407 cm³/mol. The number of morpholine rings is 1. The van der Waals surface area contributed by atoms with Crippen molar-refractivity contribution in [3.8, 4) is 0 Å². The van der Waals surface area contributed by atoms with Gasteiger partial charge in [0.15, 0.2) is 5.96 Å². The molecule has 0 saturated carbocycles. The zero-order valence-electron chi connectivity index (χ0n) is 60.9. The molecule has 6 aromatic rings. The van der Waals surface area contributed by atoms with E-state index < -0.39 is 132 Å². The van der Waals surface area contributed by atoms with Crippen molar-refractivity contribution < 1.29 is 62.6 Å². The molecule has 0 spiro atoms. The second-order valence-electron chi connectivity index (χ2n) is 27.6. The van der Waals surface area contributed by atoms with Crippen LogP contribution in [0.2, 0.25) is 5.02 Å². The minimum absolute atomic E-state index is 0.00166. The first-order valence-corrected chi connectivity index (χ1v) is 36.6. The van der Waals surface area contributed by atoms with Crippen LogP contribution in [0.25, 0.3) is 10.8 Å². The van der Waals surface area contributed by atoms with Crippen molar-refractivity contribution in [3.05, 3.63) is 190 Å². The fourth-order valence-corrected chi connectivity index (χ4v) is 13.0. The van der Waals surface area contributed by atoms with Gasteiger partial charge in [0.2, 0.25) is 59.1 Å². The average Bonchev–Trinajstić information content (AvgIpc) is 1.39. The molecule has 2 saturated heterocycles. The number of nitrogens with one attached hydrogen (secondary N) is 11. The molecule has 6 aromatic carbocycles. The second kappa shape index (κ2) is 41.2. The molecule has 0 bridgehead atoms. The van der Waals surface area contributed by atoms with Gasteiger partial charge in [0.1, 0.15) is 60.4 Å². The average molecular weight is 1500 g/mol. The van der Waals surface area contributed by atoms with Crippen molar-refractivity contribution in [2.75, 3.05) is 46.0 Å². The topological polar surface area (TPSA) is 446 Å². The highest BCUT2D eigenvalue weighted by atomic mass is 35.5. The highest BCUT2D eigenvalue weighted by Crippen LogP contribution is 2.23. The normalized spacial score (nSPS) is 16.1. The molecule has 2 heterocycles. The maximum Gasteiger partial charge on any atom is 0.312 e. The number of hydrogen-bond acceptors (Lipinski definition) is 15. The number of aliphatic hydroxyl groups excluding tert-OH is 1. The molecule has 0 aliphatic carbocycles. The minimum atomic E-state index is -1.79. The Hall–Kier alpha value is -11.0. The van der Waals surface area contributed by atoms with Crippen LogP contribution in [-0.4, -0.2) is 192 Å². The van der Waals surface area contributed by atoms with Crippen LogP contribution in [0, 0.1) is 11.3 Å². The van der Waals surface area contributed by atoms with E-state index in [4.69, 9.17) is 38.9 Å². The number of halogens is 1. The molecule has 2 fully saturated rings. The smallest absolute Gasteiger partial charge is 0.312 e. The summed E-state index contributed by atoms with van der Waals surface area (Å²) < 4.78 is 5.55. The number of hydrogen-bond donors (Lipinski definition) is 15. The number of primary amides is 2. The number of aliphatic hydroxyl groups is 1. The van der Waals surface area contributed by atoms with Gasteiger partial charge < -0.3 is 85.1 Å². The Labute approximate surface area is 632 Å². The fourth-order valence-electron chi connectivity index (χ4n) is 12.9. The lowest BCUT2D eigenvalue weighted by molar-refractivity contribution is -0.142. The Kier molecular flexibility index (Phi) is 31.5. The first-order valence-electron chi connectivity index (χ1n) is 36.2. The van der Waals surface area contributed by atoms with Crippen molar-refractivity contribution in [1.29, 1.82) is 5.41 Å². The number of guanidine groups is 1. The highest BCUT2D eigenvalue weighted by Gasteiger charge is 2.40. The summed E-state index contributed by atoms with van der Waals surface area (Å²) in [5.74, 6) is -8.72. The molecule has 12 amide bonds. The molecule has 108 heavy (non-hydrogen) atoms. The molecule has 18 N–H and O–H groups in total. The third kappa shape index (κ3) is 25.9. The van der Waals surface area contributed by atoms with E-state index in [1.165, 1.54) is 11.8 Å². The molecule has 0 aromatic heterocycles. The Morgan fingerprint density at radius 3 is 1.43 bits per heavy atom. The first-order chi connectivity index (χ1) is 51.8. The lowest BCUT2D eigenvalue weighted by Crippen LogP contribution is -2.62. The number of nitrogens with zero attached hydrogens (tertiary/aromatic N) is 2. The monoisotopic (exact) mass is 1500 g/mol. The van der Waals surface area contributed by atoms with E-state index in [-0.39, 0.29) is 82.8 Å². The summed E-state index contributed by atoms with van der Waals surface area (Å²) in [4.78, 5) is 160. The fraction of sp³-hybridized carbons (Fsp3) is 0.410. The molecule has 30 heteroatoms. The number of likely N-dealkylation sites (tertiary alicyclic amines) is 1. The maximum absolute atomic E-state index is 15.2. The van der Waals surface area contributed by atoms with Crippen LogP contribution in [0.15, 0.2) is 152 Å². The lowest BCUT2D eigenvalue weighted by atomic mass is 9.99. The standard InChI is InChI=1S/C78H99ClN16O13/c1-47(2)38-59(68(98)86-58(20-12-32-84-77(81)82)76(106)95-33-13-21-66(95)75(105)85-48(3)67(80)97)87-69(99)62(42-51-22-24-53(25-23-51)45-94-34-36-108-37-35-94)89-70(100)60(40-49-14-6-4-7-15-49)91-74(104)65(46-96)92-72(102)61(41-50-16-8-5-9-17-50)88-71(101)63(43-52-27-30-57(79)31-28-52)90-73(103)64(93-78(83)107)44-54-26-29-55-18-10-11-19-56(55)39-54/h4-11,14-19,22-31,39,47-48,58-66,96H,12-13,20-21,32-38,40-46H2,1-3H3,(H2,80,97)(H,85,105)(H,86,98)(H,87,99)(H,88,101)(H,89,100)(H,90,103)(H,91,104)(H,92,102)(H4,81,82,84)(H3,83,93,107)/t48-,58+,59+,60+,61-,62-,63-,64-,65+,66+/m1/s1. The number of urea groups is 1. The third-order valence-corrected chi connectivity index (χ3v) is 18.9. The maximum atomic E-state index is 15.2. The van der Waals surface area contributed by atoms with Crippen LogP contribution in [-0.2, 0) is 91.3 Å². The number of amides is 12. The van der Waals surface area contributed by atoms with Crippen molar-refractivity contribution in [1.82, 2.24) is 63.0 Å². The van der Waals surface area contributed by atoms with Gasteiger partial charge in [-0.2, -0.15) is 0 Å². The molecule has 2 aliphatic rings. The van der Waals surface area contributed by atoms with Crippen LogP contribution in [0.1, 0.15) is 86.3 Å². The summed E-state index contributed by atoms with van der Waals surface area (Å²) in [6, 6.07) is 29.6. The minimum Gasteiger partial charge on any atom is -0.394 e. The van der Waals surface area contributed by atoms with Gasteiger partial charge in [0.25, 0.3) is 0 Å². The molecular weight excluding hydrogens is 1400 g/mol. The van der Waals surface area contributed by atoms with E-state index in [0.29, 0.717) is 59.0 Å². The van der Waals surface area contributed by atoms with Gasteiger partial charge in [-0.25, -0.2) is 4.79 Å². The van der Waals surface area contributed by atoms with Crippen LogP contribution in [0.4, 0.5) is 4.79 Å². The van der Waals surface area contributed by atoms with Crippen LogP contribution >= 0.6 is 11.6 Å². The van der Waals surface area contributed by atoms with Gasteiger partial charge in [-0.05, 0) is 101 Å². The van der Waals surface area contributed by atoms with Gasteiger partial charge in [0, 0.05) is 69.9 Å². The predicted octanol–water partition coefficient (Wildman–Crippen LogP) is 1.55. The SMILES string of the molecule is CC(C)C[C@H](NC(=O)[C@@H](Cc1ccc(CN2CCOCC2)cc1)NC(=O)[C@H](Cc1ccccc1)NC(=O)[C@H](CO)NC(=O)[C@@H](Cc1ccccc1)NC(=O)[C@@H](Cc1ccc(Cl)cc1)NC(=O)[C@@H](Cc1ccc2ccccc2c1)NC(N)=O)C(=O)N[C@@H](CCCNC(=N)N)C(=O)N1CCC[C@H]1C(=O)N[C@H](C)C(N)=O. The Balaban J connectivity index is 1.05. The first kappa shape index (κ1) is 82.6. The van der Waals surface area contributed by atoms with Crippen LogP contribution < -0.4 is 70.4 Å². The van der Waals surface area contributed by atoms with Crippen molar-refractivity contribution in [2.45, 2.75) is 152 Å². The Morgan fingerprint density at radius 2 is 0.926 bits per heavy atom. The summed E-state index contributed by atoms with van der Waals surface area (Å²) in [6.07, 6.45) is 0.229. The summed E-state index contributed by atoms with van der Waals surface area (Å²) >= 11 is 6.26. The van der Waals surface area contributed by atoms with Gasteiger partial charge >= 0.3 is 6.03 Å². The van der Waals surface area contributed by atoms with Crippen molar-refractivity contribution in [2.24, 2.45) is 23.1 Å².